The van der Waals surface area contributed by atoms with E-state index in [1.807, 2.05) is 6.08 Å². The maximum Gasteiger partial charge on any atom is 0.150 e. The maximum atomic E-state index is 11.3. The molecule has 0 aromatic rings. The van der Waals surface area contributed by atoms with Crippen LogP contribution in [-0.4, -0.2) is 32.5 Å². The summed E-state index contributed by atoms with van der Waals surface area (Å²) >= 11 is 0. The summed E-state index contributed by atoms with van der Waals surface area (Å²) in [5.41, 5.74) is 0. The summed E-state index contributed by atoms with van der Waals surface area (Å²) in [5, 5.41) is 3.47. The first-order valence-electron chi connectivity index (χ1n) is 6.12. The van der Waals surface area contributed by atoms with Crippen LogP contribution in [0.15, 0.2) is 12.7 Å². The lowest BCUT2D eigenvalue weighted by molar-refractivity contribution is 0.423. The first kappa shape index (κ1) is 13.7. The third kappa shape index (κ3) is 4.66. The highest BCUT2D eigenvalue weighted by Gasteiger charge is 2.27. The predicted molar refractivity (Wildman–Crippen MR) is 68.3 cm³/mol. The molecule has 0 amide bonds. The van der Waals surface area contributed by atoms with Gasteiger partial charge in [0.25, 0.3) is 0 Å². The van der Waals surface area contributed by atoms with Gasteiger partial charge in [-0.2, -0.15) is 0 Å². The predicted octanol–water partition coefficient (Wildman–Crippen LogP) is 1.76. The molecule has 1 rings (SSSR count). The number of hydrogen-bond acceptors (Lipinski definition) is 3. The van der Waals surface area contributed by atoms with E-state index in [4.69, 9.17) is 0 Å². The van der Waals surface area contributed by atoms with Gasteiger partial charge in [0, 0.05) is 6.04 Å². The second-order valence-corrected chi connectivity index (χ2v) is 6.88. The van der Waals surface area contributed by atoms with E-state index in [9.17, 15) is 8.42 Å². The Labute approximate surface area is 99.2 Å². The van der Waals surface area contributed by atoms with E-state index in [1.54, 1.807) is 0 Å². The zero-order valence-electron chi connectivity index (χ0n) is 10.1. The van der Waals surface area contributed by atoms with Gasteiger partial charge in [0.05, 0.1) is 11.5 Å². The van der Waals surface area contributed by atoms with Gasteiger partial charge in [-0.25, -0.2) is 8.42 Å². The zero-order valence-corrected chi connectivity index (χ0v) is 10.9. The highest BCUT2D eigenvalue weighted by atomic mass is 32.2. The van der Waals surface area contributed by atoms with Crippen LogP contribution in [0.25, 0.3) is 0 Å². The highest BCUT2D eigenvalue weighted by molar-refractivity contribution is 7.91. The maximum absolute atomic E-state index is 11.3. The van der Waals surface area contributed by atoms with Crippen molar-refractivity contribution in [1.29, 1.82) is 0 Å². The minimum atomic E-state index is -2.72. The van der Waals surface area contributed by atoms with Crippen LogP contribution < -0.4 is 5.32 Å². The van der Waals surface area contributed by atoms with Gasteiger partial charge in [0.2, 0.25) is 0 Å². The highest BCUT2D eigenvalue weighted by Crippen LogP contribution is 2.17. The van der Waals surface area contributed by atoms with Gasteiger partial charge < -0.3 is 5.32 Å². The molecule has 0 saturated carbocycles. The number of rotatable bonds is 7. The normalized spacial score (nSPS) is 25.4. The van der Waals surface area contributed by atoms with E-state index in [0.29, 0.717) is 23.5 Å². The fraction of sp³-hybridized carbons (Fsp3) is 0.833. The summed E-state index contributed by atoms with van der Waals surface area (Å²) in [6.07, 6.45) is 5.97. The summed E-state index contributed by atoms with van der Waals surface area (Å²) in [4.78, 5) is 0. The molecule has 4 heteroatoms. The summed E-state index contributed by atoms with van der Waals surface area (Å²) in [7, 11) is -2.72. The molecule has 1 fully saturated rings. The lowest BCUT2D eigenvalue weighted by Gasteiger charge is -2.18. The molecule has 0 bridgehead atoms. The fourth-order valence-corrected chi connectivity index (χ4v) is 4.00. The van der Waals surface area contributed by atoms with Gasteiger partial charge in [-0.05, 0) is 38.1 Å². The van der Waals surface area contributed by atoms with Crippen LogP contribution in [0.2, 0.25) is 0 Å². The number of nitrogens with one attached hydrogen (secondary N) is 1. The monoisotopic (exact) mass is 245 g/mol. The van der Waals surface area contributed by atoms with E-state index in [1.165, 1.54) is 0 Å². The fourth-order valence-electron chi connectivity index (χ4n) is 2.14. The molecule has 1 N–H and O–H groups in total. The van der Waals surface area contributed by atoms with Crippen molar-refractivity contribution < 1.29 is 8.42 Å². The largest absolute Gasteiger partial charge is 0.314 e. The second-order valence-electron chi connectivity index (χ2n) is 4.65. The lowest BCUT2D eigenvalue weighted by atomic mass is 10.1. The minimum Gasteiger partial charge on any atom is -0.314 e. The van der Waals surface area contributed by atoms with Crippen molar-refractivity contribution >= 4 is 9.84 Å². The van der Waals surface area contributed by atoms with Gasteiger partial charge in [-0.1, -0.05) is 13.0 Å². The molecular weight excluding hydrogens is 222 g/mol. The Morgan fingerprint density at radius 2 is 2.31 bits per heavy atom. The molecule has 3 nitrogen and oxygen atoms in total. The Balaban J connectivity index is 2.25. The molecule has 2 atom stereocenters. The summed E-state index contributed by atoms with van der Waals surface area (Å²) in [6, 6.07) is 0.501. The Hall–Kier alpha value is -0.350. The Morgan fingerprint density at radius 1 is 1.56 bits per heavy atom. The molecule has 1 saturated heterocycles. The molecule has 1 heterocycles. The molecule has 0 radical (unpaired) electrons. The second kappa shape index (κ2) is 6.40. The van der Waals surface area contributed by atoms with Gasteiger partial charge in [0.15, 0.2) is 9.84 Å². The van der Waals surface area contributed by atoms with Gasteiger partial charge in [0.1, 0.15) is 0 Å². The lowest BCUT2D eigenvalue weighted by Crippen LogP contribution is -2.33. The van der Waals surface area contributed by atoms with Gasteiger partial charge >= 0.3 is 0 Å². The van der Waals surface area contributed by atoms with Crippen LogP contribution >= 0.6 is 0 Å². The smallest absolute Gasteiger partial charge is 0.150 e. The topological polar surface area (TPSA) is 46.2 Å². The average molecular weight is 245 g/mol. The molecule has 1 aliphatic rings. The van der Waals surface area contributed by atoms with Crippen molar-refractivity contribution in [3.05, 3.63) is 12.7 Å². The number of allylic oxidation sites excluding steroid dienone is 1. The van der Waals surface area contributed by atoms with Crippen molar-refractivity contribution in [2.24, 2.45) is 5.92 Å². The van der Waals surface area contributed by atoms with Crippen LogP contribution in [0, 0.1) is 5.92 Å². The molecular formula is C12H23NO2S. The SMILES string of the molecule is C=CCC[C@H](CC)NC[C@H]1CCS(=O)(=O)C1. The Morgan fingerprint density at radius 3 is 2.81 bits per heavy atom. The zero-order chi connectivity index (χ0) is 12.0. The van der Waals surface area contributed by atoms with Gasteiger partial charge in [-0.15, -0.1) is 6.58 Å². The first-order chi connectivity index (χ1) is 7.57. The van der Waals surface area contributed by atoms with Crippen LogP contribution in [0.5, 0.6) is 0 Å². The summed E-state index contributed by atoms with van der Waals surface area (Å²) in [5.74, 6) is 1.07. The Kier molecular flexibility index (Phi) is 5.49. The van der Waals surface area contributed by atoms with E-state index in [0.717, 1.165) is 32.2 Å². The van der Waals surface area contributed by atoms with E-state index >= 15 is 0 Å². The summed E-state index contributed by atoms with van der Waals surface area (Å²) < 4.78 is 22.6. The third-order valence-electron chi connectivity index (χ3n) is 3.23. The third-order valence-corrected chi connectivity index (χ3v) is 5.07. The van der Waals surface area contributed by atoms with Crippen LogP contribution in [0.4, 0.5) is 0 Å². The minimum absolute atomic E-state index is 0.322. The molecule has 0 spiro atoms. The number of hydrogen-bond donors (Lipinski definition) is 1. The number of sulfone groups is 1. The summed E-state index contributed by atoms with van der Waals surface area (Å²) in [6.45, 7) is 6.72. The van der Waals surface area contributed by atoms with Crippen LogP contribution in [-0.2, 0) is 9.84 Å². The van der Waals surface area contributed by atoms with Crippen molar-refractivity contribution in [3.63, 3.8) is 0 Å². The molecule has 0 aromatic carbocycles. The quantitative estimate of drug-likeness (QED) is 0.695. The molecule has 16 heavy (non-hydrogen) atoms. The van der Waals surface area contributed by atoms with Crippen molar-refractivity contribution in [2.75, 3.05) is 18.1 Å². The molecule has 1 aliphatic heterocycles. The van der Waals surface area contributed by atoms with E-state index < -0.39 is 9.84 Å². The molecule has 0 unspecified atom stereocenters. The first-order valence-corrected chi connectivity index (χ1v) is 7.94. The van der Waals surface area contributed by atoms with Gasteiger partial charge in [-0.3, -0.25) is 0 Å². The van der Waals surface area contributed by atoms with Crippen molar-refractivity contribution in [1.82, 2.24) is 5.32 Å². The molecule has 0 aromatic heterocycles. The van der Waals surface area contributed by atoms with E-state index in [2.05, 4.69) is 18.8 Å². The van der Waals surface area contributed by atoms with E-state index in [-0.39, 0.29) is 0 Å². The molecule has 0 aliphatic carbocycles. The average Bonchev–Trinajstić information content (AvgIpc) is 2.59. The van der Waals surface area contributed by atoms with Crippen molar-refractivity contribution in [2.45, 2.75) is 38.6 Å². The Bertz CT molecular complexity index is 311. The van der Waals surface area contributed by atoms with Crippen molar-refractivity contribution in [3.8, 4) is 0 Å². The molecule has 94 valence electrons. The van der Waals surface area contributed by atoms with Crippen LogP contribution in [0.1, 0.15) is 32.6 Å². The standard InChI is InChI=1S/C12H23NO2S/c1-3-5-6-12(4-2)13-9-11-7-8-16(14,15)10-11/h3,11-13H,1,4-10H2,2H3/t11-,12+/m1/s1. The van der Waals surface area contributed by atoms with Crippen LogP contribution in [0.3, 0.4) is 0 Å².